The van der Waals surface area contributed by atoms with Crippen LogP contribution in [-0.2, 0) is 14.1 Å². The average Bonchev–Trinajstić information content (AvgIpc) is 2.36. The topological polar surface area (TPSA) is 64.6 Å². The Morgan fingerprint density at radius 1 is 1.43 bits per heavy atom. The molecule has 1 saturated carbocycles. The smallest absolute Gasteiger partial charge is 0.409 e. The largest absolute Gasteiger partial charge is 0.464 e. The molecule has 0 aliphatic heterocycles. The van der Waals surface area contributed by atoms with Crippen LogP contribution in [0.1, 0.15) is 26.2 Å². The van der Waals surface area contributed by atoms with Gasteiger partial charge in [-0.25, -0.2) is 9.65 Å². The van der Waals surface area contributed by atoms with E-state index < -0.39 is 18.9 Å². The van der Waals surface area contributed by atoms with Crippen LogP contribution < -0.4 is 9.61 Å². The van der Waals surface area contributed by atoms with Gasteiger partial charge in [0.25, 0.3) is 0 Å². The predicted molar refractivity (Wildman–Crippen MR) is 81.4 cm³/mol. The number of nitrogens with one attached hydrogen (secondary N) is 1. The molecule has 2 atom stereocenters. The predicted octanol–water partition coefficient (Wildman–Crippen LogP) is 3.73. The molecule has 1 aromatic carbocycles. The van der Waals surface area contributed by atoms with Crippen molar-refractivity contribution in [1.82, 2.24) is 5.09 Å². The van der Waals surface area contributed by atoms with Crippen molar-refractivity contribution in [3.8, 4) is 5.75 Å². The zero-order valence-electron chi connectivity index (χ0n) is 11.8. The summed E-state index contributed by atoms with van der Waals surface area (Å²) in [5.74, 6) is 0.363. The third-order valence-electron chi connectivity index (χ3n) is 3.35. The lowest BCUT2D eigenvalue weighted by Gasteiger charge is -2.25. The summed E-state index contributed by atoms with van der Waals surface area (Å²) in [5, 5.41) is 2.49. The maximum atomic E-state index is 12.1. The number of hydrogen-bond donors (Lipinski definition) is 1. The molecular formula is C14H19ClNO4P. The molecule has 0 bridgehead atoms. The Morgan fingerprint density at radius 3 is 2.67 bits per heavy atom. The summed E-state index contributed by atoms with van der Waals surface area (Å²) < 4.78 is 22.5. The lowest BCUT2D eigenvalue weighted by Crippen LogP contribution is -2.34. The molecule has 1 aliphatic rings. The first-order chi connectivity index (χ1) is 9.96. The van der Waals surface area contributed by atoms with E-state index in [2.05, 4.69) is 5.09 Å². The normalized spacial score (nSPS) is 19.1. The number of esters is 1. The Hall–Kier alpha value is -1.03. The first-order valence-corrected chi connectivity index (χ1v) is 9.48. The molecule has 0 amide bonds. The summed E-state index contributed by atoms with van der Waals surface area (Å²) in [7, 11) is 0. The summed E-state index contributed by atoms with van der Waals surface area (Å²) >= 11 is 5.83. The Labute approximate surface area is 129 Å². The van der Waals surface area contributed by atoms with Crippen LogP contribution in [0.5, 0.6) is 5.75 Å². The molecule has 1 fully saturated rings. The molecule has 1 aliphatic carbocycles. The van der Waals surface area contributed by atoms with Gasteiger partial charge in [-0.2, -0.15) is 0 Å². The van der Waals surface area contributed by atoms with Gasteiger partial charge in [0.2, 0.25) is 0 Å². The SMILES string of the molecule is C[C@H](NP(=O)(Cl)Oc1ccccc1)C(=O)OCC1CCC1. The van der Waals surface area contributed by atoms with E-state index in [-0.39, 0.29) is 0 Å². The fourth-order valence-electron chi connectivity index (χ4n) is 1.91. The van der Waals surface area contributed by atoms with Crippen LogP contribution in [-0.4, -0.2) is 18.6 Å². The molecule has 0 radical (unpaired) electrons. The minimum Gasteiger partial charge on any atom is -0.464 e. The van der Waals surface area contributed by atoms with Gasteiger partial charge in [0, 0.05) is 11.2 Å². The van der Waals surface area contributed by atoms with Crippen molar-refractivity contribution in [3.05, 3.63) is 30.3 Å². The minimum atomic E-state index is -3.64. The van der Waals surface area contributed by atoms with Crippen LogP contribution in [0.25, 0.3) is 0 Å². The average molecular weight is 332 g/mol. The van der Waals surface area contributed by atoms with Crippen molar-refractivity contribution in [2.75, 3.05) is 6.61 Å². The van der Waals surface area contributed by atoms with Crippen LogP contribution >= 0.6 is 18.1 Å². The maximum absolute atomic E-state index is 12.1. The van der Waals surface area contributed by atoms with Crippen LogP contribution in [0.3, 0.4) is 0 Å². The van der Waals surface area contributed by atoms with Crippen LogP contribution in [0.15, 0.2) is 30.3 Å². The number of hydrogen-bond acceptors (Lipinski definition) is 4. The van der Waals surface area contributed by atoms with Gasteiger partial charge in [-0.1, -0.05) is 24.6 Å². The first kappa shape index (κ1) is 16.3. The maximum Gasteiger partial charge on any atom is 0.409 e. The van der Waals surface area contributed by atoms with Crippen molar-refractivity contribution < 1.29 is 18.6 Å². The highest BCUT2D eigenvalue weighted by molar-refractivity contribution is 7.84. The minimum absolute atomic E-state index is 0.373. The lowest BCUT2D eigenvalue weighted by atomic mass is 9.86. The fraction of sp³-hybridized carbons (Fsp3) is 0.500. The van der Waals surface area contributed by atoms with Crippen LogP contribution in [0, 0.1) is 5.92 Å². The summed E-state index contributed by atoms with van der Waals surface area (Å²) in [6.07, 6.45) is 3.39. The van der Waals surface area contributed by atoms with E-state index in [1.54, 1.807) is 37.3 Å². The van der Waals surface area contributed by atoms with E-state index in [1.165, 1.54) is 6.42 Å². The van der Waals surface area contributed by atoms with Gasteiger partial charge in [0.1, 0.15) is 11.8 Å². The zero-order chi connectivity index (χ0) is 15.3. The number of ether oxygens (including phenoxy) is 1. The second-order valence-corrected chi connectivity index (χ2v) is 7.90. The lowest BCUT2D eigenvalue weighted by molar-refractivity contribution is -0.147. The van der Waals surface area contributed by atoms with E-state index in [9.17, 15) is 9.36 Å². The molecule has 1 N–H and O–H groups in total. The molecule has 116 valence electrons. The van der Waals surface area contributed by atoms with Crippen molar-refractivity contribution >= 4 is 24.1 Å². The Balaban J connectivity index is 1.80. The summed E-state index contributed by atoms with van der Waals surface area (Å²) in [5.41, 5.74) is 0. The van der Waals surface area contributed by atoms with Gasteiger partial charge >= 0.3 is 12.8 Å². The number of para-hydroxylation sites is 1. The number of rotatable bonds is 7. The number of carbonyl (C=O) groups is 1. The first-order valence-electron chi connectivity index (χ1n) is 6.95. The molecule has 7 heteroatoms. The second kappa shape index (κ2) is 7.30. The quantitative estimate of drug-likeness (QED) is 0.609. The van der Waals surface area contributed by atoms with E-state index >= 15 is 0 Å². The number of carbonyl (C=O) groups excluding carboxylic acids is 1. The zero-order valence-corrected chi connectivity index (χ0v) is 13.5. The molecule has 2 rings (SSSR count). The van der Waals surface area contributed by atoms with Gasteiger partial charge in [-0.15, -0.1) is 0 Å². The molecule has 0 spiro atoms. The number of halogens is 1. The number of benzene rings is 1. The molecule has 0 heterocycles. The van der Waals surface area contributed by atoms with E-state index in [4.69, 9.17) is 20.5 Å². The second-order valence-electron chi connectivity index (χ2n) is 5.16. The molecule has 0 saturated heterocycles. The van der Waals surface area contributed by atoms with Crippen molar-refractivity contribution in [2.24, 2.45) is 5.92 Å². The molecule has 21 heavy (non-hydrogen) atoms. The van der Waals surface area contributed by atoms with Gasteiger partial charge in [0.15, 0.2) is 0 Å². The summed E-state index contributed by atoms with van der Waals surface area (Å²) in [6.45, 7) is -1.68. The van der Waals surface area contributed by atoms with Gasteiger partial charge < -0.3 is 9.26 Å². The van der Waals surface area contributed by atoms with E-state index in [0.29, 0.717) is 18.3 Å². The van der Waals surface area contributed by atoms with Crippen molar-refractivity contribution in [2.45, 2.75) is 32.2 Å². The van der Waals surface area contributed by atoms with Crippen LogP contribution in [0.2, 0.25) is 0 Å². The third kappa shape index (κ3) is 5.34. The van der Waals surface area contributed by atoms with Crippen LogP contribution in [0.4, 0.5) is 0 Å². The van der Waals surface area contributed by atoms with E-state index in [1.807, 2.05) is 0 Å². The van der Waals surface area contributed by atoms with Gasteiger partial charge in [-0.3, -0.25) is 4.79 Å². The van der Waals surface area contributed by atoms with Crippen molar-refractivity contribution in [1.29, 1.82) is 0 Å². The summed E-state index contributed by atoms with van der Waals surface area (Å²) in [4.78, 5) is 11.8. The fourth-order valence-corrected chi connectivity index (χ4v) is 3.60. The highest BCUT2D eigenvalue weighted by atomic mass is 35.7. The van der Waals surface area contributed by atoms with Gasteiger partial charge in [0.05, 0.1) is 6.61 Å². The molecule has 1 unspecified atom stereocenters. The monoisotopic (exact) mass is 331 g/mol. The van der Waals surface area contributed by atoms with Crippen molar-refractivity contribution in [3.63, 3.8) is 0 Å². The Morgan fingerprint density at radius 2 is 2.10 bits per heavy atom. The molecule has 5 nitrogen and oxygen atoms in total. The van der Waals surface area contributed by atoms with Gasteiger partial charge in [-0.05, 0) is 37.8 Å². The highest BCUT2D eigenvalue weighted by Gasteiger charge is 2.29. The molecule has 0 aromatic heterocycles. The third-order valence-corrected chi connectivity index (χ3v) is 4.99. The Bertz CT molecular complexity index is 521. The summed E-state index contributed by atoms with van der Waals surface area (Å²) in [6, 6.07) is 7.76. The molecule has 1 aromatic rings. The van der Waals surface area contributed by atoms with E-state index in [0.717, 1.165) is 12.8 Å². The highest BCUT2D eigenvalue weighted by Crippen LogP contribution is 2.48. The molecular weight excluding hydrogens is 313 g/mol. The standard InChI is InChI=1S/C14H19ClNO4P/c1-11(14(17)19-10-12-6-5-7-12)16-21(15,18)20-13-8-3-2-4-9-13/h2-4,8-9,11-12H,5-7,10H2,1H3,(H,16,18)/t11-,21?/m0/s1. The Kier molecular flexibility index (Phi) is 5.68.